The van der Waals surface area contributed by atoms with Crippen molar-refractivity contribution in [3.8, 4) is 0 Å². The molecule has 1 atom stereocenters. The van der Waals surface area contributed by atoms with Gasteiger partial charge in [0.1, 0.15) is 0 Å². The first-order valence-electron chi connectivity index (χ1n) is 10.4. The number of carbonyl (C=O) groups excluding carboxylic acids is 3. The zero-order valence-electron chi connectivity index (χ0n) is 18.3. The molecule has 176 valence electrons. The third kappa shape index (κ3) is 6.47. The molecule has 0 radical (unpaired) electrons. The van der Waals surface area contributed by atoms with Crippen molar-refractivity contribution in [2.24, 2.45) is 5.92 Å². The fourth-order valence-corrected chi connectivity index (χ4v) is 3.66. The maximum Gasteiger partial charge on any atom is 0.416 e. The maximum absolute atomic E-state index is 13.1. The molecule has 0 saturated carbocycles. The van der Waals surface area contributed by atoms with Gasteiger partial charge in [0.05, 0.1) is 22.9 Å². The standard InChI is InChI=1S/C23H25F3N4O3/c1-14-5-3-7-18(11-14)28-22(33)30-10-4-6-16(13-30)21(32)29-20-12-17(23(24,25)26)8-9-19(20)27-15(2)31/h3,5,7-9,11-12,16H,4,6,10,13H2,1-2H3,(H,27,31)(H,28,33)(H,29,32). The summed E-state index contributed by atoms with van der Waals surface area (Å²) in [7, 11) is 0. The van der Waals surface area contributed by atoms with Crippen LogP contribution in [-0.4, -0.2) is 35.8 Å². The maximum atomic E-state index is 13.1. The minimum Gasteiger partial charge on any atom is -0.325 e. The number of nitrogens with zero attached hydrogens (tertiary/aromatic N) is 1. The van der Waals surface area contributed by atoms with Gasteiger partial charge in [-0.05, 0) is 55.7 Å². The normalized spacial score (nSPS) is 16.2. The Kier molecular flexibility index (Phi) is 7.25. The molecule has 1 saturated heterocycles. The van der Waals surface area contributed by atoms with Crippen molar-refractivity contribution < 1.29 is 27.6 Å². The Balaban J connectivity index is 1.71. The lowest BCUT2D eigenvalue weighted by molar-refractivity contribution is -0.137. The van der Waals surface area contributed by atoms with E-state index in [1.54, 1.807) is 6.07 Å². The highest BCUT2D eigenvalue weighted by Crippen LogP contribution is 2.34. The van der Waals surface area contributed by atoms with Crippen molar-refractivity contribution in [3.05, 3.63) is 53.6 Å². The van der Waals surface area contributed by atoms with E-state index in [1.807, 2.05) is 25.1 Å². The van der Waals surface area contributed by atoms with Gasteiger partial charge in [0.25, 0.3) is 0 Å². The topological polar surface area (TPSA) is 90.5 Å². The highest BCUT2D eigenvalue weighted by atomic mass is 19.4. The number of amides is 4. The second-order valence-electron chi connectivity index (χ2n) is 8.01. The number of likely N-dealkylation sites (tertiary alicyclic amines) is 1. The molecule has 0 aliphatic carbocycles. The average Bonchev–Trinajstić information content (AvgIpc) is 2.74. The van der Waals surface area contributed by atoms with Gasteiger partial charge in [-0.25, -0.2) is 4.79 Å². The Hall–Kier alpha value is -3.56. The summed E-state index contributed by atoms with van der Waals surface area (Å²) in [5, 5.41) is 7.73. The van der Waals surface area contributed by atoms with E-state index >= 15 is 0 Å². The van der Waals surface area contributed by atoms with E-state index in [-0.39, 0.29) is 24.0 Å². The van der Waals surface area contributed by atoms with Crippen molar-refractivity contribution in [3.63, 3.8) is 0 Å². The SMILES string of the molecule is CC(=O)Nc1ccc(C(F)(F)F)cc1NC(=O)C1CCCN(C(=O)Nc2cccc(C)c2)C1. The molecule has 0 bridgehead atoms. The molecule has 3 rings (SSSR count). The number of piperidine rings is 1. The van der Waals surface area contributed by atoms with Crippen molar-refractivity contribution >= 4 is 34.9 Å². The smallest absolute Gasteiger partial charge is 0.325 e. The van der Waals surface area contributed by atoms with Crippen LogP contribution in [0.2, 0.25) is 0 Å². The predicted octanol–water partition coefficient (Wildman–Crippen LogP) is 4.85. The summed E-state index contributed by atoms with van der Waals surface area (Å²) in [6, 6.07) is 9.67. The third-order valence-electron chi connectivity index (χ3n) is 5.26. The van der Waals surface area contributed by atoms with E-state index in [4.69, 9.17) is 0 Å². The van der Waals surface area contributed by atoms with E-state index in [0.717, 1.165) is 23.8 Å². The van der Waals surface area contributed by atoms with E-state index in [1.165, 1.54) is 11.8 Å². The Labute approximate surface area is 189 Å². The Morgan fingerprint density at radius 3 is 2.42 bits per heavy atom. The second kappa shape index (κ2) is 9.93. The molecular formula is C23H25F3N4O3. The molecule has 0 spiro atoms. The summed E-state index contributed by atoms with van der Waals surface area (Å²) in [6.07, 6.45) is -3.56. The molecule has 2 aromatic carbocycles. The largest absolute Gasteiger partial charge is 0.416 e. The number of rotatable bonds is 4. The lowest BCUT2D eigenvalue weighted by Gasteiger charge is -2.32. The summed E-state index contributed by atoms with van der Waals surface area (Å²) in [6.45, 7) is 3.70. The fourth-order valence-electron chi connectivity index (χ4n) is 3.66. The molecule has 1 unspecified atom stereocenters. The predicted molar refractivity (Wildman–Crippen MR) is 119 cm³/mol. The highest BCUT2D eigenvalue weighted by molar-refractivity contribution is 6.00. The van der Waals surface area contributed by atoms with Crippen LogP contribution in [0.1, 0.15) is 30.9 Å². The van der Waals surface area contributed by atoms with Gasteiger partial charge in [0, 0.05) is 25.7 Å². The van der Waals surface area contributed by atoms with Crippen LogP contribution in [0, 0.1) is 12.8 Å². The summed E-state index contributed by atoms with van der Waals surface area (Å²) < 4.78 is 39.4. The molecule has 7 nitrogen and oxygen atoms in total. The van der Waals surface area contributed by atoms with Gasteiger partial charge in [-0.3, -0.25) is 9.59 Å². The number of anilines is 3. The van der Waals surface area contributed by atoms with Crippen LogP contribution >= 0.6 is 0 Å². The molecule has 10 heteroatoms. The summed E-state index contributed by atoms with van der Waals surface area (Å²) in [5.41, 5.74) is 0.588. The molecule has 1 aliphatic heterocycles. The van der Waals surface area contributed by atoms with Gasteiger partial charge in [0.15, 0.2) is 0 Å². The lowest BCUT2D eigenvalue weighted by Crippen LogP contribution is -2.45. The number of hydrogen-bond acceptors (Lipinski definition) is 3. The van der Waals surface area contributed by atoms with Gasteiger partial charge < -0.3 is 20.9 Å². The molecule has 1 aliphatic rings. The molecule has 3 N–H and O–H groups in total. The Bertz CT molecular complexity index is 1060. The van der Waals surface area contributed by atoms with Crippen LogP contribution < -0.4 is 16.0 Å². The van der Waals surface area contributed by atoms with E-state index in [0.29, 0.717) is 25.1 Å². The summed E-state index contributed by atoms with van der Waals surface area (Å²) in [4.78, 5) is 38.5. The molecule has 1 fully saturated rings. The van der Waals surface area contributed by atoms with E-state index < -0.39 is 29.5 Å². The van der Waals surface area contributed by atoms with E-state index in [2.05, 4.69) is 16.0 Å². The van der Waals surface area contributed by atoms with Crippen LogP contribution in [0.25, 0.3) is 0 Å². The van der Waals surface area contributed by atoms with Crippen molar-refractivity contribution in [2.75, 3.05) is 29.0 Å². The summed E-state index contributed by atoms with van der Waals surface area (Å²) >= 11 is 0. The third-order valence-corrected chi connectivity index (χ3v) is 5.26. The molecular weight excluding hydrogens is 437 g/mol. The Morgan fingerprint density at radius 1 is 1.00 bits per heavy atom. The monoisotopic (exact) mass is 462 g/mol. The lowest BCUT2D eigenvalue weighted by atomic mass is 9.97. The highest BCUT2D eigenvalue weighted by Gasteiger charge is 2.32. The number of alkyl halides is 3. The van der Waals surface area contributed by atoms with Crippen LogP contribution in [0.4, 0.5) is 35.0 Å². The Morgan fingerprint density at radius 2 is 1.76 bits per heavy atom. The number of nitrogens with one attached hydrogen (secondary N) is 3. The number of urea groups is 1. The van der Waals surface area contributed by atoms with E-state index in [9.17, 15) is 27.6 Å². The first-order valence-corrected chi connectivity index (χ1v) is 10.4. The molecule has 0 aromatic heterocycles. The number of carbonyl (C=O) groups is 3. The number of benzene rings is 2. The van der Waals surface area contributed by atoms with Gasteiger partial charge >= 0.3 is 12.2 Å². The number of aryl methyl sites for hydroxylation is 1. The average molecular weight is 462 g/mol. The van der Waals surface area contributed by atoms with Crippen molar-refractivity contribution in [2.45, 2.75) is 32.9 Å². The molecule has 4 amide bonds. The van der Waals surface area contributed by atoms with Gasteiger partial charge in [-0.15, -0.1) is 0 Å². The van der Waals surface area contributed by atoms with Crippen LogP contribution in [0.5, 0.6) is 0 Å². The number of hydrogen-bond donors (Lipinski definition) is 3. The van der Waals surface area contributed by atoms with Gasteiger partial charge in [0.2, 0.25) is 11.8 Å². The van der Waals surface area contributed by atoms with Crippen molar-refractivity contribution in [1.82, 2.24) is 4.90 Å². The zero-order chi connectivity index (χ0) is 24.2. The molecule has 1 heterocycles. The quantitative estimate of drug-likeness (QED) is 0.607. The van der Waals surface area contributed by atoms with Crippen LogP contribution in [-0.2, 0) is 15.8 Å². The first kappa shape index (κ1) is 24.1. The minimum absolute atomic E-state index is 0.0636. The first-order chi connectivity index (χ1) is 15.5. The fraction of sp³-hybridized carbons (Fsp3) is 0.348. The van der Waals surface area contributed by atoms with Gasteiger partial charge in [-0.2, -0.15) is 13.2 Å². The second-order valence-corrected chi connectivity index (χ2v) is 8.01. The van der Waals surface area contributed by atoms with Crippen molar-refractivity contribution in [1.29, 1.82) is 0 Å². The zero-order valence-corrected chi connectivity index (χ0v) is 18.3. The molecule has 33 heavy (non-hydrogen) atoms. The minimum atomic E-state index is -4.61. The van der Waals surface area contributed by atoms with Crippen LogP contribution in [0.3, 0.4) is 0 Å². The van der Waals surface area contributed by atoms with Gasteiger partial charge in [-0.1, -0.05) is 12.1 Å². The number of halogens is 3. The molecule has 2 aromatic rings. The van der Waals surface area contributed by atoms with Crippen LogP contribution in [0.15, 0.2) is 42.5 Å². The summed E-state index contributed by atoms with van der Waals surface area (Å²) in [5.74, 6) is -1.61.